The van der Waals surface area contributed by atoms with Gasteiger partial charge in [0.05, 0.1) is 12.2 Å². The van der Waals surface area contributed by atoms with E-state index in [0.29, 0.717) is 18.4 Å². The Labute approximate surface area is 309 Å². The van der Waals surface area contributed by atoms with Crippen LogP contribution in [0.4, 0.5) is 0 Å². The van der Waals surface area contributed by atoms with Gasteiger partial charge in [-0.2, -0.15) is 0 Å². The van der Waals surface area contributed by atoms with E-state index in [4.69, 9.17) is 0 Å². The van der Waals surface area contributed by atoms with Crippen LogP contribution in [0.3, 0.4) is 0 Å². The van der Waals surface area contributed by atoms with Crippen molar-refractivity contribution in [3.63, 3.8) is 0 Å². The average molecular weight is 734 g/mol. The van der Waals surface area contributed by atoms with E-state index in [1.807, 2.05) is 0 Å². The largest absolute Gasteiger partial charge is 0.480 e. The number of carboxylic acid groups (broad SMARTS) is 1. The molecule has 15 nitrogen and oxygen atoms in total. The zero-order valence-electron chi connectivity index (χ0n) is 30.9. The van der Waals surface area contributed by atoms with Crippen LogP contribution in [0.1, 0.15) is 82.8 Å². The number of nitrogens with zero attached hydrogens (tertiary/aromatic N) is 3. The summed E-state index contributed by atoms with van der Waals surface area (Å²) in [4.78, 5) is 103. The van der Waals surface area contributed by atoms with Gasteiger partial charge in [0, 0.05) is 25.4 Å². The van der Waals surface area contributed by atoms with Gasteiger partial charge in [0.15, 0.2) is 0 Å². The van der Waals surface area contributed by atoms with Crippen molar-refractivity contribution in [2.75, 3.05) is 6.54 Å². The summed E-state index contributed by atoms with van der Waals surface area (Å²) in [5.41, 5.74) is 0.691. The molecule has 1 aliphatic heterocycles. The number of Topliss-reactive ketones (excluding diaryl/α,β-unsaturated/α-hetero) is 1. The van der Waals surface area contributed by atoms with Crippen LogP contribution in [0.2, 0.25) is 0 Å². The predicted molar refractivity (Wildman–Crippen MR) is 193 cm³/mol. The Bertz CT molecular complexity index is 1640. The molecule has 0 radical (unpaired) electrons. The van der Waals surface area contributed by atoms with Gasteiger partial charge < -0.3 is 31.3 Å². The molecule has 1 aromatic heterocycles. The third-order valence-electron chi connectivity index (χ3n) is 10.0. The van der Waals surface area contributed by atoms with Gasteiger partial charge in [0.1, 0.15) is 29.9 Å². The zero-order valence-corrected chi connectivity index (χ0v) is 30.9. The van der Waals surface area contributed by atoms with Gasteiger partial charge in [-0.05, 0) is 48.5 Å². The summed E-state index contributed by atoms with van der Waals surface area (Å²) in [6.45, 7) is 9.13. The fourth-order valence-corrected chi connectivity index (χ4v) is 7.22. The molecule has 53 heavy (non-hydrogen) atoms. The summed E-state index contributed by atoms with van der Waals surface area (Å²) in [5.74, 6) is -6.53. The number of likely N-dealkylation sites (tertiary alicyclic amines) is 1. The van der Waals surface area contributed by atoms with Crippen LogP contribution in [-0.2, 0) is 35.2 Å². The molecule has 1 saturated carbocycles. The van der Waals surface area contributed by atoms with Gasteiger partial charge in [-0.15, -0.1) is 0 Å². The number of carbonyl (C=O) groups excluding carboxylic acids is 6. The number of benzene rings is 1. The number of fused-ring (bicyclic) bond motifs is 1. The molecule has 0 spiro atoms. The van der Waals surface area contributed by atoms with Gasteiger partial charge in [-0.25, -0.2) is 9.78 Å². The lowest BCUT2D eigenvalue weighted by molar-refractivity contribution is -0.146. The molecule has 2 heterocycles. The van der Waals surface area contributed by atoms with Crippen molar-refractivity contribution in [2.24, 2.45) is 23.7 Å². The van der Waals surface area contributed by atoms with E-state index in [9.17, 15) is 38.7 Å². The van der Waals surface area contributed by atoms with Gasteiger partial charge in [-0.1, -0.05) is 77.8 Å². The molecule has 5 N–H and O–H groups in total. The minimum atomic E-state index is -1.37. The third-order valence-corrected chi connectivity index (χ3v) is 10.0. The number of hydrogen-bond acceptors (Lipinski definition) is 9. The fraction of sp³-hybridized carbons (Fsp3) is 0.553. The second kappa shape index (κ2) is 18.5. The number of carboxylic acids is 1. The number of ketones is 1. The van der Waals surface area contributed by atoms with Crippen molar-refractivity contribution in [1.82, 2.24) is 36.1 Å². The summed E-state index contributed by atoms with van der Waals surface area (Å²) in [7, 11) is 0. The predicted octanol–water partition coefficient (Wildman–Crippen LogP) is 1.67. The lowest BCUT2D eigenvalue weighted by Crippen LogP contribution is -2.60. The van der Waals surface area contributed by atoms with Crippen LogP contribution in [0, 0.1) is 23.7 Å². The maximum absolute atomic E-state index is 14.3. The van der Waals surface area contributed by atoms with Crippen LogP contribution in [0.5, 0.6) is 0 Å². The Kier molecular flexibility index (Phi) is 14.2. The summed E-state index contributed by atoms with van der Waals surface area (Å²) < 4.78 is 0. The summed E-state index contributed by atoms with van der Waals surface area (Å²) in [6.07, 6.45) is 6.93. The van der Waals surface area contributed by atoms with E-state index in [1.54, 1.807) is 65.0 Å². The topological polar surface area (TPSA) is 217 Å². The van der Waals surface area contributed by atoms with E-state index in [0.717, 1.165) is 12.8 Å². The SMILES string of the molecule is CCC[C@H](NC(=O)[C@@H]1[C@H]2CCC[C@H]2CN1C(=O)[C@@H](NC(=O)[C@@H](NC(=O)c1cnccn1)C(C)C)C(C)C)C(=O)C(=O)N[C@@H](Cc1ccccc1)C(=O)O. The highest BCUT2D eigenvalue weighted by Crippen LogP contribution is 2.42. The minimum Gasteiger partial charge on any atom is -0.480 e. The molecule has 4 rings (SSSR count). The van der Waals surface area contributed by atoms with Crippen molar-refractivity contribution < 1.29 is 38.7 Å². The van der Waals surface area contributed by atoms with E-state index >= 15 is 0 Å². The molecule has 1 aromatic carbocycles. The summed E-state index contributed by atoms with van der Waals surface area (Å²) >= 11 is 0. The van der Waals surface area contributed by atoms with Crippen molar-refractivity contribution in [3.8, 4) is 0 Å². The highest BCUT2D eigenvalue weighted by molar-refractivity contribution is 6.38. The molecular formula is C38H51N7O8. The number of carbonyl (C=O) groups is 7. The van der Waals surface area contributed by atoms with E-state index in [2.05, 4.69) is 31.2 Å². The van der Waals surface area contributed by atoms with Gasteiger partial charge in [-0.3, -0.25) is 33.8 Å². The first-order valence-electron chi connectivity index (χ1n) is 18.3. The standard InChI is InChI=1S/C38H51N7O8/c1-6-11-26(32(46)36(50)42-27(38(52)53)18-23-12-8-7-9-13-23)41-35(49)31-25-15-10-14-24(25)20-45(31)37(51)30(22(4)5)44-34(48)29(21(2)3)43-33(47)28-19-39-16-17-40-28/h7-9,12-13,16-17,19,21-22,24-27,29-31H,6,10-11,14-15,18,20H2,1-5H3,(H,41,49)(H,42,50)(H,43,47)(H,44,48)(H,52,53)/t24-,25-,26-,27-,29-,30-,31-/m0/s1. The first-order valence-corrected chi connectivity index (χ1v) is 18.3. The second-order valence-corrected chi connectivity index (χ2v) is 14.6. The second-order valence-electron chi connectivity index (χ2n) is 14.6. The van der Waals surface area contributed by atoms with Gasteiger partial charge in [0.25, 0.3) is 11.8 Å². The number of amides is 5. The molecule has 2 aliphatic rings. The number of aliphatic carboxylic acids is 1. The summed E-state index contributed by atoms with van der Waals surface area (Å²) in [5, 5.41) is 20.3. The Morgan fingerprint density at radius 1 is 0.868 bits per heavy atom. The van der Waals surface area contributed by atoms with Crippen LogP contribution < -0.4 is 21.3 Å². The van der Waals surface area contributed by atoms with Crippen molar-refractivity contribution in [3.05, 3.63) is 60.2 Å². The Morgan fingerprint density at radius 2 is 1.57 bits per heavy atom. The highest BCUT2D eigenvalue weighted by atomic mass is 16.4. The Morgan fingerprint density at radius 3 is 2.17 bits per heavy atom. The maximum Gasteiger partial charge on any atom is 0.326 e. The van der Waals surface area contributed by atoms with E-state index < -0.39 is 77.4 Å². The molecule has 0 bridgehead atoms. The normalized spacial score (nSPS) is 20.1. The first-order chi connectivity index (χ1) is 25.2. The van der Waals surface area contributed by atoms with Crippen molar-refractivity contribution in [1.29, 1.82) is 0 Å². The van der Waals surface area contributed by atoms with Crippen molar-refractivity contribution in [2.45, 2.75) is 103 Å². The molecule has 0 unspecified atom stereocenters. The number of aromatic nitrogens is 2. The molecule has 7 atom stereocenters. The van der Waals surface area contributed by atoms with Crippen LogP contribution in [0.15, 0.2) is 48.9 Å². The van der Waals surface area contributed by atoms with Gasteiger partial charge >= 0.3 is 5.97 Å². The monoisotopic (exact) mass is 733 g/mol. The van der Waals surface area contributed by atoms with E-state index in [1.165, 1.54) is 23.5 Å². The molecule has 2 fully saturated rings. The van der Waals surface area contributed by atoms with Gasteiger partial charge in [0.2, 0.25) is 23.5 Å². The third kappa shape index (κ3) is 10.2. The molecule has 5 amide bonds. The number of hydrogen-bond donors (Lipinski definition) is 5. The van der Waals surface area contributed by atoms with E-state index in [-0.39, 0.29) is 42.8 Å². The minimum absolute atomic E-state index is 0.0332. The van der Waals surface area contributed by atoms with Crippen molar-refractivity contribution >= 4 is 41.3 Å². The molecule has 1 aliphatic carbocycles. The molecular weight excluding hydrogens is 682 g/mol. The Hall–Kier alpha value is -5.21. The zero-order chi connectivity index (χ0) is 38.8. The fourth-order valence-electron chi connectivity index (χ4n) is 7.22. The lowest BCUT2D eigenvalue weighted by atomic mass is 9.92. The molecule has 15 heteroatoms. The molecule has 286 valence electrons. The highest BCUT2D eigenvalue weighted by Gasteiger charge is 2.51. The first kappa shape index (κ1) is 40.6. The average Bonchev–Trinajstić information content (AvgIpc) is 3.74. The maximum atomic E-state index is 14.3. The Balaban J connectivity index is 1.50. The molecule has 1 saturated heterocycles. The number of nitrogens with one attached hydrogen (secondary N) is 4. The van der Waals surface area contributed by atoms with Crippen LogP contribution in [-0.4, -0.2) is 98.0 Å². The summed E-state index contributed by atoms with van der Waals surface area (Å²) in [6, 6.07) is 3.07. The smallest absolute Gasteiger partial charge is 0.326 e. The molecule has 2 aromatic rings. The lowest BCUT2D eigenvalue weighted by Gasteiger charge is -2.34. The van der Waals surface area contributed by atoms with Crippen LogP contribution in [0.25, 0.3) is 0 Å². The number of rotatable bonds is 17. The van der Waals surface area contributed by atoms with Crippen LogP contribution >= 0.6 is 0 Å². The quantitative estimate of drug-likeness (QED) is 0.148.